The van der Waals surface area contributed by atoms with Gasteiger partial charge < -0.3 is 10.2 Å². The first-order chi connectivity index (χ1) is 5.06. The molecule has 0 fully saturated rings. The first-order valence-corrected chi connectivity index (χ1v) is 4.57. The van der Waals surface area contributed by atoms with Crippen LogP contribution in [-0.4, -0.2) is 15.5 Å². The van der Waals surface area contributed by atoms with Gasteiger partial charge in [0.2, 0.25) is 5.25 Å². The second kappa shape index (κ2) is 5.81. The molecule has 0 amide bonds. The van der Waals surface area contributed by atoms with Gasteiger partial charge in [-0.1, -0.05) is 44.2 Å². The molecule has 0 radical (unpaired) electrons. The molecule has 0 saturated carbocycles. The molecule has 0 heterocycles. The number of halogens is 1. The minimum absolute atomic E-state index is 0.262. The maximum absolute atomic E-state index is 8.70. The van der Waals surface area contributed by atoms with E-state index in [0.717, 1.165) is 19.3 Å². The lowest BCUT2D eigenvalue weighted by Crippen LogP contribution is -2.18. The average molecular weight is 181 g/mol. The van der Waals surface area contributed by atoms with Gasteiger partial charge in [0, 0.05) is 6.42 Å². The van der Waals surface area contributed by atoms with Crippen molar-refractivity contribution < 1.29 is 10.2 Å². The third kappa shape index (κ3) is 10.2. The van der Waals surface area contributed by atoms with Gasteiger partial charge in [0.15, 0.2) is 0 Å². The fourth-order valence-electron chi connectivity index (χ4n) is 0.953. The molecular formula is C8H17ClO2. The molecule has 0 aliphatic carbocycles. The molecule has 2 N–H and O–H groups in total. The van der Waals surface area contributed by atoms with Crippen molar-refractivity contribution in [3.05, 3.63) is 0 Å². The average Bonchev–Trinajstić information content (AvgIpc) is 1.85. The smallest absolute Gasteiger partial charge is 0.243 e. The summed E-state index contributed by atoms with van der Waals surface area (Å²) in [5, 5.41) is 15.4. The van der Waals surface area contributed by atoms with E-state index in [1.807, 2.05) is 0 Å². The number of aliphatic hydroxyl groups is 2. The molecule has 0 unspecified atom stereocenters. The van der Waals surface area contributed by atoms with Gasteiger partial charge in [0.05, 0.1) is 0 Å². The molecule has 2 nitrogen and oxygen atoms in total. The predicted octanol–water partition coefficient (Wildman–Crippen LogP) is 2.22. The Hall–Kier alpha value is 0.210. The molecule has 0 aromatic heterocycles. The van der Waals surface area contributed by atoms with E-state index in [1.165, 1.54) is 12.8 Å². The van der Waals surface area contributed by atoms with Crippen molar-refractivity contribution >= 4 is 11.6 Å². The Balaban J connectivity index is 3.02. The van der Waals surface area contributed by atoms with Crippen LogP contribution in [0.4, 0.5) is 0 Å². The summed E-state index contributed by atoms with van der Waals surface area (Å²) in [6, 6.07) is 0. The predicted molar refractivity (Wildman–Crippen MR) is 46.4 cm³/mol. The van der Waals surface area contributed by atoms with Crippen LogP contribution in [0.3, 0.4) is 0 Å². The maximum Gasteiger partial charge on any atom is 0.243 e. The highest BCUT2D eigenvalue weighted by atomic mass is 35.5. The van der Waals surface area contributed by atoms with Crippen molar-refractivity contribution in [3.8, 4) is 0 Å². The van der Waals surface area contributed by atoms with Gasteiger partial charge in [-0.15, -0.1) is 0 Å². The van der Waals surface area contributed by atoms with Crippen LogP contribution in [0.25, 0.3) is 0 Å². The third-order valence-electron chi connectivity index (χ3n) is 1.60. The summed E-state index contributed by atoms with van der Waals surface area (Å²) in [4.78, 5) is 0. The highest BCUT2D eigenvalue weighted by Gasteiger charge is 2.16. The van der Waals surface area contributed by atoms with Crippen LogP contribution < -0.4 is 0 Å². The monoisotopic (exact) mass is 180 g/mol. The highest BCUT2D eigenvalue weighted by Crippen LogP contribution is 2.16. The molecule has 0 atom stereocenters. The van der Waals surface area contributed by atoms with Crippen LogP contribution in [0.15, 0.2) is 0 Å². The summed E-state index contributed by atoms with van der Waals surface area (Å²) in [6.45, 7) is 2.14. The summed E-state index contributed by atoms with van der Waals surface area (Å²) in [7, 11) is 0. The normalized spacial score (nSPS) is 12.0. The second-order valence-corrected chi connectivity index (χ2v) is 3.49. The zero-order valence-corrected chi connectivity index (χ0v) is 7.77. The molecule has 0 rings (SSSR count). The van der Waals surface area contributed by atoms with Crippen molar-refractivity contribution in [2.75, 3.05) is 0 Å². The molecule has 0 aromatic carbocycles. The molecule has 68 valence electrons. The van der Waals surface area contributed by atoms with Crippen LogP contribution in [0.1, 0.15) is 45.4 Å². The molecule has 11 heavy (non-hydrogen) atoms. The van der Waals surface area contributed by atoms with Crippen LogP contribution >= 0.6 is 11.6 Å². The Bertz CT molecular complexity index is 88.6. The van der Waals surface area contributed by atoms with E-state index >= 15 is 0 Å². The number of hydrogen-bond donors (Lipinski definition) is 2. The summed E-state index contributed by atoms with van der Waals surface area (Å²) < 4.78 is 0. The van der Waals surface area contributed by atoms with Crippen molar-refractivity contribution in [2.24, 2.45) is 0 Å². The van der Waals surface area contributed by atoms with Crippen LogP contribution in [-0.2, 0) is 0 Å². The second-order valence-electron chi connectivity index (χ2n) is 2.88. The Morgan fingerprint density at radius 1 is 1.09 bits per heavy atom. The Morgan fingerprint density at radius 2 is 1.64 bits per heavy atom. The minimum atomic E-state index is -1.98. The van der Waals surface area contributed by atoms with Gasteiger partial charge in [0.1, 0.15) is 0 Å². The minimum Gasteiger partial charge on any atom is -0.353 e. The summed E-state index contributed by atoms with van der Waals surface area (Å²) in [6.07, 6.45) is 5.65. The van der Waals surface area contributed by atoms with Gasteiger partial charge in [-0.25, -0.2) is 0 Å². The Kier molecular flexibility index (Phi) is 5.92. The van der Waals surface area contributed by atoms with Crippen LogP contribution in [0.5, 0.6) is 0 Å². The topological polar surface area (TPSA) is 40.5 Å². The van der Waals surface area contributed by atoms with E-state index in [2.05, 4.69) is 6.92 Å². The van der Waals surface area contributed by atoms with Gasteiger partial charge in [-0.05, 0) is 6.42 Å². The molecule has 0 aliphatic rings. The van der Waals surface area contributed by atoms with Gasteiger partial charge in [-0.3, -0.25) is 0 Å². The van der Waals surface area contributed by atoms with E-state index in [-0.39, 0.29) is 6.42 Å². The zero-order valence-electron chi connectivity index (χ0n) is 7.02. The molecule has 0 bridgehead atoms. The summed E-state index contributed by atoms with van der Waals surface area (Å²) in [5.41, 5.74) is 0. The Labute approximate surface area is 73.2 Å². The maximum atomic E-state index is 8.70. The number of hydrogen-bond acceptors (Lipinski definition) is 2. The van der Waals surface area contributed by atoms with Gasteiger partial charge >= 0.3 is 0 Å². The summed E-state index contributed by atoms with van der Waals surface area (Å²) >= 11 is 5.16. The lowest BCUT2D eigenvalue weighted by Gasteiger charge is -2.11. The van der Waals surface area contributed by atoms with Crippen LogP contribution in [0, 0.1) is 0 Å². The zero-order chi connectivity index (χ0) is 8.74. The van der Waals surface area contributed by atoms with E-state index in [0.29, 0.717) is 0 Å². The van der Waals surface area contributed by atoms with Crippen molar-refractivity contribution in [1.82, 2.24) is 0 Å². The standard InChI is InChI=1S/C8H17ClO2/c1-2-3-4-5-6-7-8(9,10)11/h10-11H,2-7H2,1H3. The van der Waals surface area contributed by atoms with E-state index < -0.39 is 5.25 Å². The first kappa shape index (κ1) is 11.2. The van der Waals surface area contributed by atoms with E-state index in [1.54, 1.807) is 0 Å². The van der Waals surface area contributed by atoms with Crippen molar-refractivity contribution in [1.29, 1.82) is 0 Å². The van der Waals surface area contributed by atoms with E-state index in [9.17, 15) is 0 Å². The molecular weight excluding hydrogens is 164 g/mol. The largest absolute Gasteiger partial charge is 0.353 e. The van der Waals surface area contributed by atoms with Crippen molar-refractivity contribution in [3.63, 3.8) is 0 Å². The molecule has 3 heteroatoms. The SMILES string of the molecule is CCCCCCCC(O)(O)Cl. The number of alkyl halides is 1. The fraction of sp³-hybridized carbons (Fsp3) is 1.00. The lowest BCUT2D eigenvalue weighted by molar-refractivity contribution is -0.0906. The lowest BCUT2D eigenvalue weighted by atomic mass is 10.1. The molecule has 0 aliphatic heterocycles. The van der Waals surface area contributed by atoms with Gasteiger partial charge in [-0.2, -0.15) is 0 Å². The fourth-order valence-corrected chi connectivity index (χ4v) is 1.09. The molecule has 0 saturated heterocycles. The number of rotatable bonds is 6. The quantitative estimate of drug-likeness (QED) is 0.374. The molecule has 0 aromatic rings. The van der Waals surface area contributed by atoms with Crippen molar-refractivity contribution in [2.45, 2.75) is 50.7 Å². The van der Waals surface area contributed by atoms with Gasteiger partial charge in [0.25, 0.3) is 0 Å². The molecule has 0 spiro atoms. The number of unbranched alkanes of at least 4 members (excludes halogenated alkanes) is 4. The third-order valence-corrected chi connectivity index (χ3v) is 1.79. The van der Waals surface area contributed by atoms with E-state index in [4.69, 9.17) is 21.8 Å². The highest BCUT2D eigenvalue weighted by molar-refractivity contribution is 6.21. The Morgan fingerprint density at radius 3 is 2.09 bits per heavy atom. The summed E-state index contributed by atoms with van der Waals surface area (Å²) in [5.74, 6) is 0. The van der Waals surface area contributed by atoms with Crippen LogP contribution in [0.2, 0.25) is 0 Å². The first-order valence-electron chi connectivity index (χ1n) is 4.20.